The van der Waals surface area contributed by atoms with Crippen LogP contribution in [0.3, 0.4) is 0 Å². The molecular formula is C96H78ClLiN8O12. The van der Waals surface area contributed by atoms with Crippen molar-refractivity contribution in [2.75, 3.05) is 26.4 Å². The maximum absolute atomic E-state index is 12.9. The Labute approximate surface area is 698 Å². The minimum absolute atomic E-state index is 0. The van der Waals surface area contributed by atoms with Gasteiger partial charge in [0.2, 0.25) is 0 Å². The molecule has 0 fully saturated rings. The smallest absolute Gasteiger partial charge is 0.506 e. The Kier molecular flexibility index (Phi) is 32.9. The van der Waals surface area contributed by atoms with Crippen molar-refractivity contribution >= 4 is 78.2 Å². The summed E-state index contributed by atoms with van der Waals surface area (Å²) < 4.78 is 27.3. The molecule has 3 unspecified atom stereocenters. The predicted octanol–water partition coefficient (Wildman–Crippen LogP) is 14.9. The quantitative estimate of drug-likeness (QED) is 0.0128. The molecule has 118 heavy (non-hydrogen) atoms. The minimum Gasteiger partial charge on any atom is -0.506 e. The zero-order valence-electron chi connectivity index (χ0n) is 63.9. The van der Waals surface area contributed by atoms with Gasteiger partial charge in [0, 0.05) is 21.5 Å². The van der Waals surface area contributed by atoms with Crippen molar-refractivity contribution in [3.8, 4) is 52.1 Å². The van der Waals surface area contributed by atoms with E-state index in [4.69, 9.17) is 51.3 Å². The zero-order valence-corrected chi connectivity index (χ0v) is 64.7. The van der Waals surface area contributed by atoms with Crippen LogP contribution in [0.25, 0.3) is 43.6 Å². The van der Waals surface area contributed by atoms with Gasteiger partial charge in [-0.3, -0.25) is 14.4 Å². The number of amides is 2. The number of para-hydroxylation sites is 8. The topological polar surface area (TPSA) is 301 Å². The fourth-order valence-corrected chi connectivity index (χ4v) is 11.6. The Hall–Kier alpha value is -14.7. The van der Waals surface area contributed by atoms with Gasteiger partial charge in [0.1, 0.15) is 74.1 Å². The van der Waals surface area contributed by atoms with E-state index in [-0.39, 0.29) is 80.4 Å². The van der Waals surface area contributed by atoms with E-state index >= 15 is 0 Å². The molecule has 2 amide bonds. The van der Waals surface area contributed by atoms with Crippen molar-refractivity contribution in [2.24, 2.45) is 5.73 Å². The summed E-state index contributed by atoms with van der Waals surface area (Å²) in [7, 11) is 0. The maximum Gasteiger partial charge on any atom is 1.00 e. The van der Waals surface area contributed by atoms with Gasteiger partial charge in [-0.1, -0.05) is 231 Å². The summed E-state index contributed by atoms with van der Waals surface area (Å²) in [5, 5.41) is 46.9. The van der Waals surface area contributed by atoms with Crippen LogP contribution < -0.4 is 58.9 Å². The van der Waals surface area contributed by atoms with Gasteiger partial charge in [0.15, 0.2) is 32.2 Å². The number of nitrogens with two attached hydrogens (primary N) is 1. The van der Waals surface area contributed by atoms with Crippen LogP contribution in [-0.4, -0.2) is 84.7 Å². The molecule has 7 N–H and O–H groups in total. The predicted molar refractivity (Wildman–Crippen MR) is 452 cm³/mol. The number of carbonyl (C=O) groups excluding carboxylic acids is 4. The molecule has 20 nitrogen and oxygen atoms in total. The molecule has 0 aliphatic heterocycles. The first-order valence-corrected chi connectivity index (χ1v) is 37.2. The van der Waals surface area contributed by atoms with E-state index in [9.17, 15) is 34.5 Å². The van der Waals surface area contributed by atoms with E-state index in [0.29, 0.717) is 67.9 Å². The molecule has 16 rings (SSSR count). The number of fused-ring (bicyclic) bond motifs is 4. The molecule has 0 spiro atoms. The molecule has 0 aliphatic rings. The first-order valence-electron chi connectivity index (χ1n) is 36.8. The van der Waals surface area contributed by atoms with E-state index in [0.717, 1.165) is 43.9 Å². The number of aromatic nitrogens is 4. The molecule has 22 heteroatoms. The second-order valence-corrected chi connectivity index (χ2v) is 25.8. The monoisotopic (exact) mass is 1580 g/mol. The molecule has 16 aromatic rings. The van der Waals surface area contributed by atoms with E-state index in [1.54, 1.807) is 109 Å². The average Bonchev–Trinajstić information content (AvgIpc) is 0.805. The number of phenols is 3. The van der Waals surface area contributed by atoms with Crippen molar-refractivity contribution in [1.29, 1.82) is 5.26 Å². The van der Waals surface area contributed by atoms with Gasteiger partial charge in [0.05, 0.1) is 35.2 Å². The number of aromatic hydroxyl groups is 3. The molecule has 0 saturated heterocycles. The van der Waals surface area contributed by atoms with Gasteiger partial charge in [-0.2, -0.15) is 41.7 Å². The standard InChI is InChI=1S/C32H26N2O5.C24H20N2O3.C16H14N2O.C10H6N2O.C8H7ClO2.C6H5.Li/c35-29(21-37-25-14-6-2-7-15-25)34-31(23-11-4-1-5-12-23)27-20-19-24-13-10-18-28(32(24)33-27)39-30(36)22-38-26-16-8-3-9-17-26;27-21-13-7-10-18-14-15-20(25-24(18)21)23(17-8-3-1-4-9-17)26-22(28)16-29-19-11-5-2-6-12-19;17-15(11-5-2-1-3-6-11)13-10-9-12-7-4-8-14(19)16(12)18-13;11-6-8-5-4-7-2-1-3-9(13)10(7)12-8;9-8(10)6-11-7-4-2-1-3-5-7;1-2-4-6-5-3-1;/h1-20,31H,21-22H2,(H,34,35);1-15,23,27H,16H2,(H,26,28);1-10,15,19H,17H2;1-5,13H;1-5H,6H2;1-5H;/q;;;;;-1;+1. The van der Waals surface area contributed by atoms with Gasteiger partial charge < -0.3 is 55.4 Å². The van der Waals surface area contributed by atoms with Crippen LogP contribution in [0.4, 0.5) is 0 Å². The number of esters is 1. The summed E-state index contributed by atoms with van der Waals surface area (Å²) in [6, 6.07) is 114. The van der Waals surface area contributed by atoms with Crippen molar-refractivity contribution in [3.05, 3.63) is 410 Å². The van der Waals surface area contributed by atoms with Crippen LogP contribution in [0.5, 0.6) is 46.0 Å². The Morgan fingerprint density at radius 3 is 1.09 bits per heavy atom. The Morgan fingerprint density at radius 2 is 0.703 bits per heavy atom. The number of halogens is 1. The number of phenolic OH excluding ortho intramolecular Hbond substituents is 3. The van der Waals surface area contributed by atoms with Gasteiger partial charge in [0.25, 0.3) is 17.1 Å². The third kappa shape index (κ3) is 26.2. The largest absolute Gasteiger partial charge is 1.00 e. The Balaban J connectivity index is 0.000000162. The molecule has 4 aromatic heterocycles. The third-order valence-corrected chi connectivity index (χ3v) is 17.3. The number of nitriles is 1. The van der Waals surface area contributed by atoms with Gasteiger partial charge in [-0.15, -0.1) is 0 Å². The number of pyridine rings is 4. The third-order valence-electron chi connectivity index (χ3n) is 17.2. The van der Waals surface area contributed by atoms with Crippen molar-refractivity contribution in [1.82, 2.24) is 30.6 Å². The summed E-state index contributed by atoms with van der Waals surface area (Å²) in [5.41, 5.74) is 13.3. The number of carbonyl (C=O) groups is 4. The molecule has 0 aliphatic carbocycles. The van der Waals surface area contributed by atoms with E-state index < -0.39 is 23.3 Å². The molecule has 0 bridgehead atoms. The molecule has 0 saturated carbocycles. The second kappa shape index (κ2) is 45.3. The van der Waals surface area contributed by atoms with Crippen LogP contribution in [0.15, 0.2) is 364 Å². The first kappa shape index (κ1) is 85.7. The summed E-state index contributed by atoms with van der Waals surface area (Å²) in [6.45, 7) is -0.576. The summed E-state index contributed by atoms with van der Waals surface area (Å²) >= 11 is 5.06. The number of nitrogens with one attached hydrogen (secondary N) is 2. The van der Waals surface area contributed by atoms with E-state index in [2.05, 4.69) is 31.7 Å². The van der Waals surface area contributed by atoms with Crippen LogP contribution >= 0.6 is 11.6 Å². The zero-order chi connectivity index (χ0) is 81.8. The molecule has 4 heterocycles. The number of hydrogen-bond donors (Lipinski definition) is 6. The number of nitrogens with zero attached hydrogens (tertiary/aromatic N) is 5. The summed E-state index contributed by atoms with van der Waals surface area (Å²) in [6.07, 6.45) is 0. The molecule has 3 atom stereocenters. The molecule has 0 radical (unpaired) electrons. The molecular weight excluding hydrogens is 1500 g/mol. The van der Waals surface area contributed by atoms with Gasteiger partial charge in [-0.25, -0.2) is 24.7 Å². The second-order valence-electron chi connectivity index (χ2n) is 25.4. The SMILES string of the molecule is N#Cc1ccc2cccc(O)c2n1.NC(c1ccccc1)c1ccc2cccc(O)c2n1.O=C(COc1ccccc1)NC(c1ccccc1)c1ccc2cccc(O)c2n1.O=C(COc1ccccc1)NC(c1ccccc1)c1ccc2cccc(OC(=O)COc3ccccc3)c2n1.O=C(Cl)COc1ccccc1.[Li+].[c-]1ccccc1. The first-order chi connectivity index (χ1) is 57.2. The molecule has 12 aromatic carbocycles. The van der Waals surface area contributed by atoms with Crippen LogP contribution in [0.1, 0.15) is 57.6 Å². The average molecular weight is 1580 g/mol. The van der Waals surface area contributed by atoms with E-state index in [1.807, 2.05) is 261 Å². The van der Waals surface area contributed by atoms with E-state index in [1.165, 1.54) is 0 Å². The number of ether oxygens (including phenoxy) is 5. The van der Waals surface area contributed by atoms with Crippen LogP contribution in [0, 0.1) is 17.4 Å². The maximum atomic E-state index is 12.9. The fourth-order valence-electron chi connectivity index (χ4n) is 11.5. The number of benzene rings is 12. The Morgan fingerprint density at radius 1 is 0.373 bits per heavy atom. The van der Waals surface area contributed by atoms with Crippen molar-refractivity contribution in [2.45, 2.75) is 18.1 Å². The molecule has 582 valence electrons. The summed E-state index contributed by atoms with van der Waals surface area (Å²) in [5.74, 6) is 2.06. The van der Waals surface area contributed by atoms with Gasteiger partial charge >= 0.3 is 24.8 Å². The normalized spacial score (nSPS) is 11.0. The Bertz CT molecular complexity index is 5880. The minimum atomic E-state index is -0.551. The summed E-state index contributed by atoms with van der Waals surface area (Å²) in [4.78, 5) is 66.2. The number of rotatable bonds is 21. The number of hydrogen-bond acceptors (Lipinski definition) is 18. The van der Waals surface area contributed by atoms with Crippen molar-refractivity contribution in [3.63, 3.8) is 0 Å². The fraction of sp³-hybridized carbons (Fsp3) is 0.0729. The van der Waals surface area contributed by atoms with Crippen LogP contribution in [0.2, 0.25) is 0 Å². The van der Waals surface area contributed by atoms with Gasteiger partial charge in [-0.05, 0) is 131 Å². The van der Waals surface area contributed by atoms with Crippen LogP contribution in [-0.2, 0) is 19.2 Å². The van der Waals surface area contributed by atoms with Crippen molar-refractivity contribution < 1.29 is 77.0 Å².